The summed E-state index contributed by atoms with van der Waals surface area (Å²) >= 11 is 0. The lowest BCUT2D eigenvalue weighted by Gasteiger charge is -2.33. The van der Waals surface area contributed by atoms with Gasteiger partial charge in [0.1, 0.15) is 5.82 Å². The van der Waals surface area contributed by atoms with Crippen LogP contribution in [-0.4, -0.2) is 53.5 Å². The lowest BCUT2D eigenvalue weighted by molar-refractivity contribution is 0.193. The van der Waals surface area contributed by atoms with Crippen LogP contribution in [0.25, 0.3) is 0 Å². The van der Waals surface area contributed by atoms with Gasteiger partial charge in [0.25, 0.3) is 5.56 Å². The molecule has 7 nitrogen and oxygen atoms in total. The molecule has 30 heavy (non-hydrogen) atoms. The van der Waals surface area contributed by atoms with Gasteiger partial charge in [0.2, 0.25) is 10.0 Å². The van der Waals surface area contributed by atoms with Gasteiger partial charge in [-0.3, -0.25) is 9.69 Å². The molecule has 0 radical (unpaired) electrons. The summed E-state index contributed by atoms with van der Waals surface area (Å²) in [6, 6.07) is 4.18. The van der Waals surface area contributed by atoms with E-state index in [1.807, 2.05) is 4.90 Å². The summed E-state index contributed by atoms with van der Waals surface area (Å²) < 4.78 is 52.4. The van der Waals surface area contributed by atoms with Crippen LogP contribution in [0.15, 0.2) is 23.0 Å². The van der Waals surface area contributed by atoms with Gasteiger partial charge in [0, 0.05) is 44.1 Å². The zero-order valence-corrected chi connectivity index (χ0v) is 17.5. The van der Waals surface area contributed by atoms with Gasteiger partial charge in [-0.1, -0.05) is 12.1 Å². The number of aromatic nitrogens is 2. The minimum atomic E-state index is -3.37. The van der Waals surface area contributed by atoms with E-state index in [2.05, 4.69) is 9.97 Å². The summed E-state index contributed by atoms with van der Waals surface area (Å²) in [5, 5.41) is 0. The van der Waals surface area contributed by atoms with Gasteiger partial charge in [-0.2, -0.15) is 4.31 Å². The summed E-state index contributed by atoms with van der Waals surface area (Å²) in [7, 11) is -3.37. The first-order valence-corrected chi connectivity index (χ1v) is 11.8. The number of piperidine rings is 1. The molecule has 162 valence electrons. The van der Waals surface area contributed by atoms with E-state index in [0.29, 0.717) is 48.7 Å². The van der Waals surface area contributed by atoms with Crippen molar-refractivity contribution in [2.24, 2.45) is 0 Å². The van der Waals surface area contributed by atoms with Gasteiger partial charge in [-0.25, -0.2) is 22.2 Å². The van der Waals surface area contributed by atoms with Crippen LogP contribution >= 0.6 is 0 Å². The fourth-order valence-corrected chi connectivity index (χ4v) is 5.02. The maximum absolute atomic E-state index is 14.0. The molecule has 0 spiro atoms. The van der Waals surface area contributed by atoms with Gasteiger partial charge in [-0.05, 0) is 25.5 Å². The molecule has 0 unspecified atom stereocenters. The monoisotopic (exact) mass is 438 g/mol. The van der Waals surface area contributed by atoms with Crippen molar-refractivity contribution >= 4 is 10.0 Å². The molecule has 2 aliphatic rings. The largest absolute Gasteiger partial charge is 0.310 e. The molecule has 1 saturated heterocycles. The van der Waals surface area contributed by atoms with Crippen LogP contribution in [0.2, 0.25) is 0 Å². The van der Waals surface area contributed by atoms with E-state index >= 15 is 0 Å². The average Bonchev–Trinajstić information content (AvgIpc) is 2.70. The fourth-order valence-electron chi connectivity index (χ4n) is 4.23. The second-order valence-electron chi connectivity index (χ2n) is 8.01. The second kappa shape index (κ2) is 8.16. The fraction of sp³-hybridized carbons (Fsp3) is 0.500. The van der Waals surface area contributed by atoms with Gasteiger partial charge in [-0.15, -0.1) is 0 Å². The zero-order chi connectivity index (χ0) is 21.5. The third-order valence-corrected chi connectivity index (χ3v) is 7.09. The topological polar surface area (TPSA) is 86.4 Å². The van der Waals surface area contributed by atoms with Crippen molar-refractivity contribution in [2.45, 2.75) is 38.3 Å². The summed E-state index contributed by atoms with van der Waals surface area (Å²) in [6.45, 7) is 1.96. The van der Waals surface area contributed by atoms with Gasteiger partial charge >= 0.3 is 0 Å². The van der Waals surface area contributed by atoms with Crippen molar-refractivity contribution in [2.75, 3.05) is 25.9 Å². The molecule has 0 bridgehead atoms. The third kappa shape index (κ3) is 4.30. The summed E-state index contributed by atoms with van der Waals surface area (Å²) in [5.41, 5.74) is 1.03. The Morgan fingerprint density at radius 2 is 2.07 bits per heavy atom. The smallest absolute Gasteiger partial charge is 0.255 e. The van der Waals surface area contributed by atoms with E-state index in [0.717, 1.165) is 31.7 Å². The van der Waals surface area contributed by atoms with E-state index in [1.54, 1.807) is 6.07 Å². The van der Waals surface area contributed by atoms with Crippen molar-refractivity contribution < 1.29 is 17.2 Å². The van der Waals surface area contributed by atoms with E-state index < -0.39 is 21.7 Å². The molecule has 1 aromatic carbocycles. The molecule has 4 rings (SSSR count). The number of hydrogen-bond donors (Lipinski definition) is 1. The van der Waals surface area contributed by atoms with Crippen LogP contribution in [0, 0.1) is 11.6 Å². The number of H-pyrrole nitrogens is 1. The number of benzene rings is 1. The number of rotatable bonds is 4. The van der Waals surface area contributed by atoms with Crippen molar-refractivity contribution in [1.82, 2.24) is 19.2 Å². The first kappa shape index (κ1) is 21.1. The number of nitrogens with one attached hydrogen (secondary N) is 1. The predicted octanol–water partition coefficient (Wildman–Crippen LogP) is 1.75. The zero-order valence-electron chi connectivity index (χ0n) is 16.7. The summed E-state index contributed by atoms with van der Waals surface area (Å²) in [6.07, 6.45) is 3.21. The first-order chi connectivity index (χ1) is 14.2. The molecule has 0 aliphatic carbocycles. The van der Waals surface area contributed by atoms with E-state index in [1.165, 1.54) is 10.4 Å². The highest BCUT2D eigenvalue weighted by Gasteiger charge is 2.29. The minimum absolute atomic E-state index is 0.0266. The van der Waals surface area contributed by atoms with Crippen LogP contribution in [0.3, 0.4) is 0 Å². The van der Waals surface area contributed by atoms with Gasteiger partial charge in [0.05, 0.1) is 17.5 Å². The predicted molar refractivity (Wildman–Crippen MR) is 107 cm³/mol. The number of hydrogen-bond acceptors (Lipinski definition) is 5. The molecule has 10 heteroatoms. The Labute approximate surface area is 173 Å². The van der Waals surface area contributed by atoms with Gasteiger partial charge in [0.15, 0.2) is 11.6 Å². The SMILES string of the molecule is CS(=O)(=O)N1CCc2nc([C@H]3CCCN(Cc4cccc(F)c4F)C3)[nH]c(=O)c2C1. The number of sulfonamides is 1. The van der Waals surface area contributed by atoms with E-state index in [-0.39, 0.29) is 18.0 Å². The molecule has 3 heterocycles. The molecular formula is C20H24F2N4O3S. The van der Waals surface area contributed by atoms with E-state index in [9.17, 15) is 22.0 Å². The normalized spacial score (nSPS) is 20.8. The van der Waals surface area contributed by atoms with Gasteiger partial charge < -0.3 is 4.98 Å². The molecular weight excluding hydrogens is 414 g/mol. The maximum Gasteiger partial charge on any atom is 0.255 e. The quantitative estimate of drug-likeness (QED) is 0.786. The number of fused-ring (bicyclic) bond motifs is 1. The summed E-state index contributed by atoms with van der Waals surface area (Å²) in [5.74, 6) is -1.13. The summed E-state index contributed by atoms with van der Waals surface area (Å²) in [4.78, 5) is 22.2. The average molecular weight is 439 g/mol. The molecule has 2 aromatic rings. The van der Waals surface area contributed by atoms with Crippen LogP contribution in [0.1, 0.15) is 41.4 Å². The highest BCUT2D eigenvalue weighted by molar-refractivity contribution is 7.88. The molecule has 2 aliphatic heterocycles. The van der Waals surface area contributed by atoms with Crippen LogP contribution in [-0.2, 0) is 29.5 Å². The molecule has 1 N–H and O–H groups in total. The lowest BCUT2D eigenvalue weighted by atomic mass is 9.96. The van der Waals surface area contributed by atoms with Crippen molar-refractivity contribution in [3.63, 3.8) is 0 Å². The second-order valence-corrected chi connectivity index (χ2v) is 9.99. The molecule has 1 fully saturated rings. The number of likely N-dealkylation sites (tertiary alicyclic amines) is 1. The maximum atomic E-state index is 14.0. The Hall–Kier alpha value is -2.17. The standard InChI is InChI=1S/C20H24F2N4O3S/c1-30(28,29)26-9-7-17-15(12-26)20(27)24-19(23-17)14-5-3-8-25(11-14)10-13-4-2-6-16(21)18(13)22/h2,4,6,14H,3,5,7-12H2,1H3,(H,23,24,27)/t14-/m0/s1. The van der Waals surface area contributed by atoms with Crippen LogP contribution in [0.4, 0.5) is 8.78 Å². The van der Waals surface area contributed by atoms with Crippen molar-refractivity contribution in [3.05, 3.63) is 62.8 Å². The third-order valence-electron chi connectivity index (χ3n) is 5.84. The Balaban J connectivity index is 1.52. The minimum Gasteiger partial charge on any atom is -0.310 e. The lowest BCUT2D eigenvalue weighted by Crippen LogP contribution is -2.40. The Morgan fingerprint density at radius 1 is 1.27 bits per heavy atom. The van der Waals surface area contributed by atoms with Crippen LogP contribution < -0.4 is 5.56 Å². The molecule has 1 aromatic heterocycles. The first-order valence-electron chi connectivity index (χ1n) is 9.94. The molecule has 1 atom stereocenters. The van der Waals surface area contributed by atoms with Crippen molar-refractivity contribution in [1.29, 1.82) is 0 Å². The molecule has 0 amide bonds. The van der Waals surface area contributed by atoms with Crippen LogP contribution in [0.5, 0.6) is 0 Å². The number of halogens is 2. The number of nitrogens with zero attached hydrogens (tertiary/aromatic N) is 3. The highest BCUT2D eigenvalue weighted by atomic mass is 32.2. The van der Waals surface area contributed by atoms with Crippen molar-refractivity contribution in [3.8, 4) is 0 Å². The molecule has 0 saturated carbocycles. The Morgan fingerprint density at radius 3 is 2.83 bits per heavy atom. The Kier molecular flexibility index (Phi) is 5.73. The highest BCUT2D eigenvalue weighted by Crippen LogP contribution is 2.27. The Bertz CT molecular complexity index is 1120. The number of aromatic amines is 1. The van der Waals surface area contributed by atoms with E-state index in [4.69, 9.17) is 0 Å².